The lowest BCUT2D eigenvalue weighted by atomic mass is 9.33. The molecule has 0 fully saturated rings. The zero-order chi connectivity index (χ0) is 36.4. The molecule has 3 aliphatic rings. The molecule has 0 N–H and O–H groups in total. The van der Waals surface area contributed by atoms with Gasteiger partial charge in [0.2, 0.25) is 0 Å². The molecule has 0 saturated heterocycles. The van der Waals surface area contributed by atoms with Gasteiger partial charge in [-0.05, 0) is 112 Å². The van der Waals surface area contributed by atoms with Crippen molar-refractivity contribution in [1.29, 1.82) is 0 Å². The number of para-hydroxylation sites is 3. The van der Waals surface area contributed by atoms with Crippen molar-refractivity contribution in [3.63, 3.8) is 0 Å². The summed E-state index contributed by atoms with van der Waals surface area (Å²) in [6.07, 6.45) is 4.36. The molecule has 0 atom stereocenters. The molecule has 54 heavy (non-hydrogen) atoms. The Balaban J connectivity index is 1.25. The van der Waals surface area contributed by atoms with E-state index in [0.29, 0.717) is 0 Å². The lowest BCUT2D eigenvalue weighted by molar-refractivity contribution is 0.590. The summed E-state index contributed by atoms with van der Waals surface area (Å²) < 4.78 is 0. The molecule has 0 radical (unpaired) electrons. The van der Waals surface area contributed by atoms with E-state index in [-0.39, 0.29) is 12.1 Å². The Labute approximate surface area is 318 Å². The predicted molar refractivity (Wildman–Crippen MR) is 231 cm³/mol. The third-order valence-electron chi connectivity index (χ3n) is 11.5. The molecule has 7 aromatic rings. The summed E-state index contributed by atoms with van der Waals surface area (Å²) in [6, 6.07) is 62.9. The predicted octanol–water partition coefficient (Wildman–Crippen LogP) is 9.59. The molecule has 10 rings (SSSR count). The fraction of sp³-hybridized carbons (Fsp3) is 0.120. The highest BCUT2D eigenvalue weighted by molar-refractivity contribution is 7.00. The van der Waals surface area contributed by atoms with Gasteiger partial charge in [-0.3, -0.25) is 0 Å². The summed E-state index contributed by atoms with van der Waals surface area (Å²) in [7, 11) is 0. The van der Waals surface area contributed by atoms with Gasteiger partial charge < -0.3 is 14.7 Å². The average Bonchev–Trinajstić information content (AvgIpc) is 3.21. The lowest BCUT2D eigenvalue weighted by Gasteiger charge is -2.44. The second-order valence-corrected chi connectivity index (χ2v) is 15.7. The van der Waals surface area contributed by atoms with Gasteiger partial charge in [-0.2, -0.15) is 0 Å². The van der Waals surface area contributed by atoms with E-state index >= 15 is 0 Å². The van der Waals surface area contributed by atoms with Gasteiger partial charge in [-0.15, -0.1) is 0 Å². The Morgan fingerprint density at radius 3 is 1.89 bits per heavy atom. The van der Waals surface area contributed by atoms with Crippen molar-refractivity contribution in [3.05, 3.63) is 186 Å². The summed E-state index contributed by atoms with van der Waals surface area (Å²) in [5.41, 5.74) is 16.3. The maximum Gasteiger partial charge on any atom is 0.252 e. The first kappa shape index (κ1) is 32.4. The van der Waals surface area contributed by atoms with Crippen molar-refractivity contribution in [2.45, 2.75) is 39.0 Å². The fourth-order valence-electron chi connectivity index (χ4n) is 8.96. The molecule has 260 valence electrons. The molecule has 1 aliphatic carbocycles. The maximum atomic E-state index is 2.52. The van der Waals surface area contributed by atoms with Crippen molar-refractivity contribution in [2.24, 2.45) is 0 Å². The number of hydrogen-bond donors (Lipinski definition) is 0. The van der Waals surface area contributed by atoms with Crippen LogP contribution in [0, 0.1) is 0 Å². The number of anilines is 8. The summed E-state index contributed by atoms with van der Waals surface area (Å²) in [4.78, 5) is 7.48. The van der Waals surface area contributed by atoms with Crippen LogP contribution in [0.3, 0.4) is 0 Å². The van der Waals surface area contributed by atoms with Crippen LogP contribution >= 0.6 is 0 Å². The van der Waals surface area contributed by atoms with Gasteiger partial charge in [0.05, 0.1) is 0 Å². The summed E-state index contributed by atoms with van der Waals surface area (Å²) >= 11 is 0. The van der Waals surface area contributed by atoms with Gasteiger partial charge in [-0.1, -0.05) is 130 Å². The van der Waals surface area contributed by atoms with Crippen LogP contribution in [-0.2, 0) is 5.41 Å². The second kappa shape index (κ2) is 12.7. The zero-order valence-electron chi connectivity index (χ0n) is 31.1. The van der Waals surface area contributed by atoms with Crippen molar-refractivity contribution in [2.75, 3.05) is 14.7 Å². The van der Waals surface area contributed by atoms with Gasteiger partial charge in [0, 0.05) is 56.4 Å². The van der Waals surface area contributed by atoms with Crippen LogP contribution in [-0.4, -0.2) is 6.71 Å². The molecule has 0 saturated carbocycles. The summed E-state index contributed by atoms with van der Waals surface area (Å²) in [6.45, 7) is 6.93. The SMILES string of the molecule is CC(C)(C)c1ccc(N2c3cc(N(C4=c5ccccc5=CCC4)c4ccccc4)ccc3B3c4ccccc4N(c4ccccc4)c4cccc2c43)cc1. The van der Waals surface area contributed by atoms with Crippen molar-refractivity contribution < 1.29 is 0 Å². The van der Waals surface area contributed by atoms with Crippen molar-refractivity contribution in [1.82, 2.24) is 0 Å². The average molecular weight is 696 g/mol. The van der Waals surface area contributed by atoms with E-state index < -0.39 is 0 Å². The second-order valence-electron chi connectivity index (χ2n) is 15.7. The first-order valence-electron chi connectivity index (χ1n) is 19.2. The summed E-state index contributed by atoms with van der Waals surface area (Å²) in [5, 5.41) is 2.61. The minimum Gasteiger partial charge on any atom is -0.314 e. The molecule has 3 nitrogen and oxygen atoms in total. The molecule has 0 aromatic heterocycles. The van der Waals surface area contributed by atoms with E-state index in [9.17, 15) is 0 Å². The van der Waals surface area contributed by atoms with Gasteiger partial charge in [0.25, 0.3) is 6.71 Å². The van der Waals surface area contributed by atoms with Gasteiger partial charge >= 0.3 is 0 Å². The third-order valence-corrected chi connectivity index (χ3v) is 11.5. The minimum absolute atomic E-state index is 0.0591. The van der Waals surface area contributed by atoms with E-state index in [0.717, 1.165) is 24.2 Å². The third kappa shape index (κ3) is 5.20. The molecule has 0 unspecified atom stereocenters. The Bertz CT molecular complexity index is 2660. The van der Waals surface area contributed by atoms with Crippen molar-refractivity contribution >= 4 is 80.4 Å². The first-order chi connectivity index (χ1) is 26.5. The Morgan fingerprint density at radius 1 is 0.519 bits per heavy atom. The van der Waals surface area contributed by atoms with Crippen LogP contribution in [0.4, 0.5) is 45.5 Å². The van der Waals surface area contributed by atoms with Crippen molar-refractivity contribution in [3.8, 4) is 0 Å². The highest BCUT2D eigenvalue weighted by atomic mass is 15.2. The highest BCUT2D eigenvalue weighted by Gasteiger charge is 2.43. The fourth-order valence-corrected chi connectivity index (χ4v) is 8.96. The maximum absolute atomic E-state index is 2.52. The molecule has 2 aliphatic heterocycles. The van der Waals surface area contributed by atoms with Gasteiger partial charge in [0.15, 0.2) is 0 Å². The lowest BCUT2D eigenvalue weighted by Crippen LogP contribution is -2.61. The molecule has 2 heterocycles. The number of benzene rings is 7. The molecule has 0 amide bonds. The van der Waals surface area contributed by atoms with Crippen LogP contribution in [0.15, 0.2) is 170 Å². The monoisotopic (exact) mass is 695 g/mol. The van der Waals surface area contributed by atoms with Gasteiger partial charge in [0.1, 0.15) is 0 Å². The van der Waals surface area contributed by atoms with E-state index in [1.807, 2.05) is 0 Å². The molecule has 4 heteroatoms. The molecule has 7 aromatic carbocycles. The zero-order valence-corrected chi connectivity index (χ0v) is 31.1. The quantitative estimate of drug-likeness (QED) is 0.166. The smallest absolute Gasteiger partial charge is 0.252 e. The largest absolute Gasteiger partial charge is 0.314 e. The van der Waals surface area contributed by atoms with E-state index in [4.69, 9.17) is 0 Å². The molecule has 0 spiro atoms. The highest BCUT2D eigenvalue weighted by Crippen LogP contribution is 2.45. The topological polar surface area (TPSA) is 9.72 Å². The van der Waals surface area contributed by atoms with E-state index in [1.54, 1.807) is 0 Å². The van der Waals surface area contributed by atoms with Crippen LogP contribution < -0.4 is 41.5 Å². The molecule has 0 bridgehead atoms. The first-order valence-corrected chi connectivity index (χ1v) is 19.2. The summed E-state index contributed by atoms with van der Waals surface area (Å²) in [5.74, 6) is 0. The molecular weight excluding hydrogens is 653 g/mol. The molecular formula is C50H42BN3. The normalized spacial score (nSPS) is 14.1. The Kier molecular flexibility index (Phi) is 7.62. The van der Waals surface area contributed by atoms with E-state index in [2.05, 4.69) is 211 Å². The Hall–Kier alpha value is -6.26. The standard InChI is InChI=1S/C50H42BN3/c1-50(2,3)36-28-30-39(31-29-36)54-47-27-15-26-46-49(47)51(42-23-12-13-24-45(42)53(46)38-20-8-5-9-21-38)43-33-32-40(34-48(43)54)52(37-18-6-4-7-19-37)44-25-14-17-35-16-10-11-22-41(35)44/h4-13,15-24,26-34H,14,25H2,1-3H3. The number of rotatable bonds is 5. The number of hydrogen-bond acceptors (Lipinski definition) is 3. The Morgan fingerprint density at radius 2 is 1.13 bits per heavy atom. The van der Waals surface area contributed by atoms with Gasteiger partial charge in [-0.25, -0.2) is 0 Å². The minimum atomic E-state index is 0.0591. The van der Waals surface area contributed by atoms with Crippen LogP contribution in [0.25, 0.3) is 11.8 Å². The van der Waals surface area contributed by atoms with E-state index in [1.165, 1.54) is 72.2 Å². The van der Waals surface area contributed by atoms with Crippen LogP contribution in [0.1, 0.15) is 39.2 Å². The van der Waals surface area contributed by atoms with Crippen LogP contribution in [0.2, 0.25) is 0 Å². The number of nitrogens with zero attached hydrogens (tertiary/aromatic N) is 3. The van der Waals surface area contributed by atoms with Crippen LogP contribution in [0.5, 0.6) is 0 Å². The number of fused-ring (bicyclic) bond motifs is 5.